The number of methoxy groups -OCH3 is 2. The van der Waals surface area contributed by atoms with E-state index in [-0.39, 0.29) is 16.4 Å². The number of ether oxygens (including phenoxy) is 2. The highest BCUT2D eigenvalue weighted by Crippen LogP contribution is 2.23. The highest BCUT2D eigenvalue weighted by molar-refractivity contribution is 7.92. The lowest BCUT2D eigenvalue weighted by Crippen LogP contribution is -2.16. The number of aromatic nitrogens is 2. The van der Waals surface area contributed by atoms with Crippen molar-refractivity contribution in [3.05, 3.63) is 77.1 Å². The number of sulfonamides is 1. The summed E-state index contributed by atoms with van der Waals surface area (Å²) < 4.78 is 37.9. The molecule has 10 nitrogen and oxygen atoms in total. The maximum Gasteiger partial charge on any atom is 0.266 e. The molecule has 180 valence electrons. The van der Waals surface area contributed by atoms with Gasteiger partial charge in [0.25, 0.3) is 15.9 Å². The molecule has 3 aromatic rings. The number of anilines is 2. The van der Waals surface area contributed by atoms with Crippen LogP contribution in [0.4, 0.5) is 11.6 Å². The topological polar surface area (TPSA) is 143 Å². The fourth-order valence-corrected chi connectivity index (χ4v) is 4.02. The molecule has 0 saturated heterocycles. The number of nitrogens with zero attached hydrogens (tertiary/aromatic N) is 3. The van der Waals surface area contributed by atoms with E-state index in [1.807, 2.05) is 6.07 Å². The third-order valence-electron chi connectivity index (χ3n) is 4.72. The lowest BCUT2D eigenvalue weighted by atomic mass is 10.1. The van der Waals surface area contributed by atoms with Crippen molar-refractivity contribution >= 4 is 33.6 Å². The Labute approximate surface area is 203 Å². The Hall–Kier alpha value is -4.27. The minimum Gasteiger partial charge on any atom is -0.496 e. The minimum absolute atomic E-state index is 0.0411. The second-order valence-electron chi connectivity index (χ2n) is 7.28. The zero-order valence-electron chi connectivity index (χ0n) is 19.3. The molecule has 1 heterocycles. The highest BCUT2D eigenvalue weighted by atomic mass is 32.2. The maximum absolute atomic E-state index is 12.6. The Bertz CT molecular complexity index is 1400. The van der Waals surface area contributed by atoms with Gasteiger partial charge in [0.15, 0.2) is 0 Å². The third-order valence-corrected chi connectivity index (χ3v) is 6.07. The summed E-state index contributed by atoms with van der Waals surface area (Å²) in [4.78, 5) is 20.5. The van der Waals surface area contributed by atoms with Gasteiger partial charge in [-0.3, -0.25) is 4.79 Å². The number of hydrogen-bond donors (Lipinski definition) is 2. The van der Waals surface area contributed by atoms with Gasteiger partial charge in [-0.05, 0) is 61.0 Å². The van der Waals surface area contributed by atoms with Crippen LogP contribution in [0.2, 0.25) is 0 Å². The van der Waals surface area contributed by atoms with Crippen LogP contribution in [0.15, 0.2) is 65.2 Å². The highest BCUT2D eigenvalue weighted by Gasteiger charge is 2.17. The van der Waals surface area contributed by atoms with Crippen LogP contribution >= 0.6 is 0 Å². The van der Waals surface area contributed by atoms with Gasteiger partial charge in [-0.2, -0.15) is 5.26 Å². The van der Waals surface area contributed by atoms with Gasteiger partial charge in [0.05, 0.1) is 18.6 Å². The molecule has 0 spiro atoms. The maximum atomic E-state index is 12.6. The van der Waals surface area contributed by atoms with E-state index in [1.165, 1.54) is 36.5 Å². The van der Waals surface area contributed by atoms with Gasteiger partial charge in [0, 0.05) is 30.3 Å². The molecule has 0 atom stereocenters. The first-order valence-corrected chi connectivity index (χ1v) is 11.8. The van der Waals surface area contributed by atoms with E-state index in [0.29, 0.717) is 29.3 Å². The average Bonchev–Trinajstić information content (AvgIpc) is 2.83. The number of carbonyl (C=O) groups is 1. The lowest BCUT2D eigenvalue weighted by Gasteiger charge is -2.10. The van der Waals surface area contributed by atoms with E-state index in [4.69, 9.17) is 9.47 Å². The van der Waals surface area contributed by atoms with E-state index in [1.54, 1.807) is 45.4 Å². The Morgan fingerprint density at radius 2 is 1.89 bits per heavy atom. The largest absolute Gasteiger partial charge is 0.496 e. The molecule has 1 amide bonds. The first kappa shape index (κ1) is 25.4. The van der Waals surface area contributed by atoms with Crippen LogP contribution in [-0.4, -0.2) is 38.5 Å². The number of amides is 1. The Kier molecular flexibility index (Phi) is 8.14. The first-order chi connectivity index (χ1) is 16.7. The van der Waals surface area contributed by atoms with Crippen LogP contribution in [0.5, 0.6) is 5.75 Å². The van der Waals surface area contributed by atoms with Crippen LogP contribution in [0.25, 0.3) is 6.08 Å². The molecule has 2 aromatic carbocycles. The summed E-state index contributed by atoms with van der Waals surface area (Å²) in [6.45, 7) is 2.02. The zero-order chi connectivity index (χ0) is 25.4. The summed E-state index contributed by atoms with van der Waals surface area (Å²) in [7, 11) is -0.826. The van der Waals surface area contributed by atoms with Crippen LogP contribution in [0.1, 0.15) is 16.8 Å². The number of carbonyl (C=O) groups excluding carboxylic acids is 1. The fraction of sp³-hybridized carbons (Fsp3) is 0.167. The number of hydrogen-bond acceptors (Lipinski definition) is 8. The van der Waals surface area contributed by atoms with Crippen molar-refractivity contribution in [1.82, 2.24) is 9.97 Å². The van der Waals surface area contributed by atoms with Gasteiger partial charge < -0.3 is 14.8 Å². The second-order valence-corrected chi connectivity index (χ2v) is 8.96. The molecule has 3 rings (SSSR count). The van der Waals surface area contributed by atoms with Crippen molar-refractivity contribution in [2.24, 2.45) is 0 Å². The molecular weight excluding hydrogens is 470 g/mol. The molecule has 0 fully saturated rings. The molecule has 2 N–H and O–H groups in total. The van der Waals surface area contributed by atoms with Crippen molar-refractivity contribution in [2.45, 2.75) is 18.4 Å². The van der Waals surface area contributed by atoms with Crippen LogP contribution < -0.4 is 14.8 Å². The second kappa shape index (κ2) is 11.2. The summed E-state index contributed by atoms with van der Waals surface area (Å²) in [5, 5.41) is 12.1. The molecule has 11 heteroatoms. The third kappa shape index (κ3) is 6.63. The fourth-order valence-electron chi connectivity index (χ4n) is 3.06. The summed E-state index contributed by atoms with van der Waals surface area (Å²) in [5.74, 6) is -0.0534. The van der Waals surface area contributed by atoms with Crippen LogP contribution in [0.3, 0.4) is 0 Å². The van der Waals surface area contributed by atoms with E-state index >= 15 is 0 Å². The molecule has 0 aliphatic heterocycles. The molecule has 0 bridgehead atoms. The monoisotopic (exact) mass is 493 g/mol. The molecule has 0 saturated carbocycles. The van der Waals surface area contributed by atoms with Crippen molar-refractivity contribution in [1.29, 1.82) is 5.26 Å². The van der Waals surface area contributed by atoms with Gasteiger partial charge in [-0.15, -0.1) is 0 Å². The predicted molar refractivity (Wildman–Crippen MR) is 130 cm³/mol. The number of benzene rings is 2. The molecule has 0 aliphatic rings. The van der Waals surface area contributed by atoms with E-state index in [2.05, 4.69) is 20.0 Å². The lowest BCUT2D eigenvalue weighted by molar-refractivity contribution is -0.112. The minimum atomic E-state index is -3.92. The number of nitriles is 1. The summed E-state index contributed by atoms with van der Waals surface area (Å²) >= 11 is 0. The molecular formula is C24H23N5O5S. The molecule has 0 unspecified atom stereocenters. The summed E-state index contributed by atoms with van der Waals surface area (Å²) in [6.07, 6.45) is 2.89. The van der Waals surface area contributed by atoms with Gasteiger partial charge in [-0.25, -0.2) is 23.1 Å². The average molecular weight is 494 g/mol. The van der Waals surface area contributed by atoms with Crippen molar-refractivity contribution in [2.75, 3.05) is 24.3 Å². The Morgan fingerprint density at radius 3 is 2.51 bits per heavy atom. The number of nitrogens with one attached hydrogen (secondary N) is 2. The van der Waals surface area contributed by atoms with Crippen molar-refractivity contribution in [3.8, 4) is 11.8 Å². The standard InChI is InChI=1S/C24H23N5O5S/c1-16-10-11-26-24(27-16)29-35(31,32)21-7-5-20(6-8-21)28-23(30)18(14-25)12-17-4-9-22(34-3)19(13-17)15-33-2/h4-13H,15H2,1-3H3,(H,28,30)(H,26,27,29)/b18-12-. The van der Waals surface area contributed by atoms with Crippen LogP contribution in [-0.2, 0) is 26.2 Å². The Morgan fingerprint density at radius 1 is 1.14 bits per heavy atom. The molecule has 0 aliphatic carbocycles. The van der Waals surface area contributed by atoms with Gasteiger partial charge in [-0.1, -0.05) is 6.07 Å². The Balaban J connectivity index is 1.74. The normalized spacial score (nSPS) is 11.4. The van der Waals surface area contributed by atoms with Crippen molar-refractivity contribution in [3.63, 3.8) is 0 Å². The quantitative estimate of drug-likeness (QED) is 0.341. The number of aryl methyl sites for hydroxylation is 1. The molecule has 0 radical (unpaired) electrons. The van der Waals surface area contributed by atoms with E-state index in [0.717, 1.165) is 5.56 Å². The predicted octanol–water partition coefficient (Wildman–Crippen LogP) is 3.29. The number of rotatable bonds is 9. The van der Waals surface area contributed by atoms with Crippen molar-refractivity contribution < 1.29 is 22.7 Å². The summed E-state index contributed by atoms with van der Waals surface area (Å²) in [5.41, 5.74) is 2.19. The first-order valence-electron chi connectivity index (χ1n) is 10.3. The molecule has 35 heavy (non-hydrogen) atoms. The zero-order valence-corrected chi connectivity index (χ0v) is 20.1. The van der Waals surface area contributed by atoms with Gasteiger partial charge in [0.1, 0.15) is 17.4 Å². The smallest absolute Gasteiger partial charge is 0.266 e. The summed E-state index contributed by atoms with van der Waals surface area (Å²) in [6, 6.07) is 14.2. The van der Waals surface area contributed by atoms with Gasteiger partial charge in [0.2, 0.25) is 5.95 Å². The van der Waals surface area contributed by atoms with E-state index in [9.17, 15) is 18.5 Å². The van der Waals surface area contributed by atoms with Gasteiger partial charge >= 0.3 is 0 Å². The van der Waals surface area contributed by atoms with Crippen LogP contribution in [0, 0.1) is 18.3 Å². The SMILES string of the molecule is COCc1cc(/C=C(/C#N)C(=O)Nc2ccc(S(=O)(=O)Nc3nccc(C)n3)cc2)ccc1OC. The molecule has 1 aromatic heterocycles. The van der Waals surface area contributed by atoms with E-state index < -0.39 is 15.9 Å².